The molecule has 4 nitrogen and oxygen atoms in total. The zero-order chi connectivity index (χ0) is 14.7. The van der Waals surface area contributed by atoms with Crippen LogP contribution in [0.3, 0.4) is 0 Å². The highest BCUT2D eigenvalue weighted by Gasteiger charge is 2.12. The van der Waals surface area contributed by atoms with Crippen LogP contribution in [0.25, 0.3) is 0 Å². The Hall–Kier alpha value is -2.56. The second-order valence-corrected chi connectivity index (χ2v) is 4.67. The van der Waals surface area contributed by atoms with Crippen LogP contribution in [-0.4, -0.2) is 19.1 Å². The number of nitrogens with one attached hydrogen (secondary N) is 1. The number of hydrogen-bond acceptors (Lipinski definition) is 3. The topological polar surface area (TPSA) is 47.6 Å². The third-order valence-electron chi connectivity index (χ3n) is 3.17. The number of amides is 1. The molecule has 2 aromatic carbocycles. The number of fused-ring (bicyclic) bond motifs is 1. The van der Waals surface area contributed by atoms with E-state index in [0.717, 1.165) is 11.3 Å². The van der Waals surface area contributed by atoms with Gasteiger partial charge in [-0.3, -0.25) is 4.79 Å². The van der Waals surface area contributed by atoms with Crippen LogP contribution in [0.5, 0.6) is 11.5 Å². The fraction of sp³-hybridized carbons (Fsp3) is 0.188. The van der Waals surface area contributed by atoms with Crippen molar-refractivity contribution < 1.29 is 18.7 Å². The molecule has 1 aliphatic heterocycles. The van der Waals surface area contributed by atoms with E-state index in [-0.39, 0.29) is 11.7 Å². The zero-order valence-corrected chi connectivity index (χ0v) is 11.3. The van der Waals surface area contributed by atoms with Crippen LogP contribution in [0.1, 0.15) is 15.9 Å². The Bertz CT molecular complexity index is 655. The van der Waals surface area contributed by atoms with Crippen molar-refractivity contribution >= 4 is 5.91 Å². The summed E-state index contributed by atoms with van der Waals surface area (Å²) in [4.78, 5) is 11.9. The van der Waals surface area contributed by atoms with Gasteiger partial charge in [0.25, 0.3) is 5.91 Å². The van der Waals surface area contributed by atoms with Gasteiger partial charge in [0.2, 0.25) is 0 Å². The number of benzene rings is 2. The summed E-state index contributed by atoms with van der Waals surface area (Å²) in [5, 5.41) is 2.78. The van der Waals surface area contributed by atoms with Crippen LogP contribution in [-0.2, 0) is 6.54 Å². The molecule has 1 heterocycles. The molecule has 0 fully saturated rings. The fourth-order valence-corrected chi connectivity index (χ4v) is 2.08. The summed E-state index contributed by atoms with van der Waals surface area (Å²) in [5.74, 6) is 0.799. The SMILES string of the molecule is O=C(NCc1ccc2c(c1)OCCO2)c1ccc(F)cc1. The van der Waals surface area contributed by atoms with E-state index < -0.39 is 0 Å². The summed E-state index contributed by atoms with van der Waals surface area (Å²) in [7, 11) is 0. The van der Waals surface area contributed by atoms with Gasteiger partial charge < -0.3 is 14.8 Å². The van der Waals surface area contributed by atoms with Gasteiger partial charge in [-0.15, -0.1) is 0 Å². The highest BCUT2D eigenvalue weighted by atomic mass is 19.1. The molecule has 0 radical (unpaired) electrons. The van der Waals surface area contributed by atoms with Crippen LogP contribution >= 0.6 is 0 Å². The number of carbonyl (C=O) groups is 1. The zero-order valence-electron chi connectivity index (χ0n) is 11.3. The summed E-state index contributed by atoms with van der Waals surface area (Å²) >= 11 is 0. The first-order valence-electron chi connectivity index (χ1n) is 6.65. The van der Waals surface area contributed by atoms with Crippen molar-refractivity contribution in [2.75, 3.05) is 13.2 Å². The molecule has 0 aromatic heterocycles. The first-order chi connectivity index (χ1) is 10.2. The Labute approximate surface area is 121 Å². The summed E-state index contributed by atoms with van der Waals surface area (Å²) in [5.41, 5.74) is 1.34. The molecule has 2 aromatic rings. The van der Waals surface area contributed by atoms with E-state index in [1.54, 1.807) is 0 Å². The third kappa shape index (κ3) is 3.13. The van der Waals surface area contributed by atoms with Crippen molar-refractivity contribution in [3.63, 3.8) is 0 Å². The fourth-order valence-electron chi connectivity index (χ4n) is 2.08. The Morgan fingerprint density at radius 2 is 1.76 bits per heavy atom. The van der Waals surface area contributed by atoms with Gasteiger partial charge in [0.1, 0.15) is 19.0 Å². The predicted molar refractivity (Wildman–Crippen MR) is 75.0 cm³/mol. The molecule has 0 aliphatic carbocycles. The molecule has 108 valence electrons. The van der Waals surface area contributed by atoms with E-state index in [1.807, 2.05) is 18.2 Å². The van der Waals surface area contributed by atoms with Gasteiger partial charge in [0.15, 0.2) is 11.5 Å². The molecule has 5 heteroatoms. The molecule has 0 saturated heterocycles. The van der Waals surface area contributed by atoms with Gasteiger partial charge in [-0.25, -0.2) is 4.39 Å². The quantitative estimate of drug-likeness (QED) is 0.943. The Balaban J connectivity index is 1.64. The summed E-state index contributed by atoms with van der Waals surface area (Å²) in [6.45, 7) is 1.44. The predicted octanol–water partition coefficient (Wildman–Crippen LogP) is 2.53. The second kappa shape index (κ2) is 5.83. The van der Waals surface area contributed by atoms with Crippen molar-refractivity contribution in [2.24, 2.45) is 0 Å². The smallest absolute Gasteiger partial charge is 0.251 e. The van der Waals surface area contributed by atoms with Crippen LogP contribution in [0.2, 0.25) is 0 Å². The highest BCUT2D eigenvalue weighted by molar-refractivity contribution is 5.94. The van der Waals surface area contributed by atoms with Gasteiger partial charge in [-0.05, 0) is 42.0 Å². The standard InChI is InChI=1S/C16H14FNO3/c17-13-4-2-12(3-5-13)16(19)18-10-11-1-6-14-15(9-11)21-8-7-20-14/h1-6,9H,7-8,10H2,(H,18,19). The van der Waals surface area contributed by atoms with E-state index in [9.17, 15) is 9.18 Å². The minimum Gasteiger partial charge on any atom is -0.486 e. The number of carbonyl (C=O) groups excluding carboxylic acids is 1. The maximum Gasteiger partial charge on any atom is 0.251 e. The Morgan fingerprint density at radius 1 is 1.05 bits per heavy atom. The normalized spacial score (nSPS) is 12.8. The molecule has 0 bridgehead atoms. The first-order valence-corrected chi connectivity index (χ1v) is 6.65. The Kier molecular flexibility index (Phi) is 3.73. The van der Waals surface area contributed by atoms with Crippen molar-refractivity contribution in [2.45, 2.75) is 6.54 Å². The van der Waals surface area contributed by atoms with E-state index in [4.69, 9.17) is 9.47 Å². The lowest BCUT2D eigenvalue weighted by molar-refractivity contribution is 0.0950. The largest absolute Gasteiger partial charge is 0.486 e. The molecule has 0 spiro atoms. The van der Waals surface area contributed by atoms with Crippen LogP contribution in [0, 0.1) is 5.82 Å². The summed E-state index contributed by atoms with van der Waals surface area (Å²) in [6.07, 6.45) is 0. The number of hydrogen-bond donors (Lipinski definition) is 1. The average molecular weight is 287 g/mol. The molecule has 0 unspecified atom stereocenters. The van der Waals surface area contributed by atoms with Crippen molar-refractivity contribution in [1.82, 2.24) is 5.32 Å². The number of halogens is 1. The van der Waals surface area contributed by atoms with Gasteiger partial charge in [-0.1, -0.05) is 6.07 Å². The van der Waals surface area contributed by atoms with E-state index >= 15 is 0 Å². The van der Waals surface area contributed by atoms with Gasteiger partial charge in [-0.2, -0.15) is 0 Å². The van der Waals surface area contributed by atoms with Crippen molar-refractivity contribution in [3.8, 4) is 11.5 Å². The van der Waals surface area contributed by atoms with E-state index in [1.165, 1.54) is 24.3 Å². The summed E-state index contributed by atoms with van der Waals surface area (Å²) in [6, 6.07) is 11.0. The minimum atomic E-state index is -0.363. The molecule has 21 heavy (non-hydrogen) atoms. The minimum absolute atomic E-state index is 0.245. The van der Waals surface area contributed by atoms with Crippen LogP contribution < -0.4 is 14.8 Å². The molecule has 0 saturated carbocycles. The molecular formula is C16H14FNO3. The van der Waals surface area contributed by atoms with Gasteiger partial charge in [0.05, 0.1) is 0 Å². The molecule has 3 rings (SSSR count). The van der Waals surface area contributed by atoms with Crippen LogP contribution in [0.4, 0.5) is 4.39 Å². The Morgan fingerprint density at radius 3 is 2.52 bits per heavy atom. The molecule has 1 amide bonds. The van der Waals surface area contributed by atoms with E-state index in [0.29, 0.717) is 31.1 Å². The molecular weight excluding hydrogens is 273 g/mol. The average Bonchev–Trinajstić information content (AvgIpc) is 2.53. The lowest BCUT2D eigenvalue weighted by atomic mass is 10.1. The van der Waals surface area contributed by atoms with Gasteiger partial charge in [0, 0.05) is 12.1 Å². The van der Waals surface area contributed by atoms with E-state index in [2.05, 4.69) is 5.32 Å². The maximum atomic E-state index is 12.8. The summed E-state index contributed by atoms with van der Waals surface area (Å²) < 4.78 is 23.7. The lowest BCUT2D eigenvalue weighted by Gasteiger charge is -2.19. The van der Waals surface area contributed by atoms with Crippen molar-refractivity contribution in [3.05, 3.63) is 59.4 Å². The maximum absolute atomic E-state index is 12.8. The second-order valence-electron chi connectivity index (χ2n) is 4.67. The molecule has 1 aliphatic rings. The first kappa shape index (κ1) is 13.4. The third-order valence-corrected chi connectivity index (χ3v) is 3.17. The van der Waals surface area contributed by atoms with Crippen LogP contribution in [0.15, 0.2) is 42.5 Å². The monoisotopic (exact) mass is 287 g/mol. The number of ether oxygens (including phenoxy) is 2. The van der Waals surface area contributed by atoms with Crippen molar-refractivity contribution in [1.29, 1.82) is 0 Å². The lowest BCUT2D eigenvalue weighted by Crippen LogP contribution is -2.23. The number of rotatable bonds is 3. The molecule has 1 N–H and O–H groups in total. The molecule has 0 atom stereocenters. The highest BCUT2D eigenvalue weighted by Crippen LogP contribution is 2.30. The van der Waals surface area contributed by atoms with Gasteiger partial charge >= 0.3 is 0 Å².